The van der Waals surface area contributed by atoms with Crippen LogP contribution in [-0.4, -0.2) is 56.0 Å². The molecule has 2 aliphatic heterocycles. The number of esters is 1. The molecular formula is C31H41N3O5. The Kier molecular flexibility index (Phi) is 10.8. The fourth-order valence-corrected chi connectivity index (χ4v) is 5.43. The summed E-state index contributed by atoms with van der Waals surface area (Å²) in [5, 5.41) is 6.44. The molecule has 2 atom stereocenters. The first kappa shape index (κ1) is 28.6. The van der Waals surface area contributed by atoms with Gasteiger partial charge < -0.3 is 25.0 Å². The van der Waals surface area contributed by atoms with Gasteiger partial charge in [0.15, 0.2) is 0 Å². The lowest BCUT2D eigenvalue weighted by Gasteiger charge is -2.33. The number of rotatable bonds is 11. The predicted molar refractivity (Wildman–Crippen MR) is 149 cm³/mol. The number of amides is 2. The van der Waals surface area contributed by atoms with Crippen LogP contribution in [0.15, 0.2) is 54.6 Å². The smallest absolute Gasteiger partial charge is 0.307 e. The number of nitrogens with one attached hydrogen (secondary N) is 2. The fourth-order valence-electron chi connectivity index (χ4n) is 5.43. The summed E-state index contributed by atoms with van der Waals surface area (Å²) in [6.07, 6.45) is 5.22. The van der Waals surface area contributed by atoms with Gasteiger partial charge in [-0.2, -0.15) is 0 Å². The molecule has 0 radical (unpaired) electrons. The topological polar surface area (TPSA) is 97.0 Å². The molecule has 2 aliphatic rings. The van der Waals surface area contributed by atoms with Crippen molar-refractivity contribution in [2.24, 2.45) is 11.8 Å². The van der Waals surface area contributed by atoms with Gasteiger partial charge >= 0.3 is 5.97 Å². The van der Waals surface area contributed by atoms with Crippen molar-refractivity contribution < 1.29 is 23.9 Å². The summed E-state index contributed by atoms with van der Waals surface area (Å²) in [4.78, 5) is 40.4. The number of hydrogen-bond donors (Lipinski definition) is 2. The Morgan fingerprint density at radius 2 is 1.85 bits per heavy atom. The van der Waals surface area contributed by atoms with Crippen molar-refractivity contribution in [3.63, 3.8) is 0 Å². The SMILES string of the molecule is COC(=O)C[C@H](NC(=O)[C@@H]1CCCN(C(=O)CCC2CCNCC2)C1)c1cccc(OCc2ccccc2)c1. The normalized spacial score (nSPS) is 18.7. The van der Waals surface area contributed by atoms with Gasteiger partial charge in [0.2, 0.25) is 11.8 Å². The summed E-state index contributed by atoms with van der Waals surface area (Å²) in [6.45, 7) is 3.59. The van der Waals surface area contributed by atoms with Gasteiger partial charge in [0.05, 0.1) is 25.5 Å². The van der Waals surface area contributed by atoms with Crippen LogP contribution in [0.3, 0.4) is 0 Å². The van der Waals surface area contributed by atoms with E-state index in [9.17, 15) is 14.4 Å². The van der Waals surface area contributed by atoms with Crippen LogP contribution < -0.4 is 15.4 Å². The molecule has 0 unspecified atom stereocenters. The van der Waals surface area contributed by atoms with Crippen molar-refractivity contribution in [2.45, 2.75) is 57.6 Å². The van der Waals surface area contributed by atoms with Gasteiger partial charge in [0.25, 0.3) is 0 Å². The number of carbonyl (C=O) groups excluding carboxylic acids is 3. The van der Waals surface area contributed by atoms with E-state index in [0.29, 0.717) is 37.8 Å². The highest BCUT2D eigenvalue weighted by atomic mass is 16.5. The zero-order valence-electron chi connectivity index (χ0n) is 22.9. The monoisotopic (exact) mass is 535 g/mol. The van der Waals surface area contributed by atoms with Crippen LogP contribution >= 0.6 is 0 Å². The second-order valence-electron chi connectivity index (χ2n) is 10.6. The second kappa shape index (κ2) is 14.7. The quantitative estimate of drug-likeness (QED) is 0.422. The second-order valence-corrected chi connectivity index (χ2v) is 10.6. The van der Waals surface area contributed by atoms with E-state index in [0.717, 1.165) is 56.3 Å². The molecule has 2 aromatic carbocycles. The molecule has 0 bridgehead atoms. The van der Waals surface area contributed by atoms with Gasteiger partial charge in [-0.15, -0.1) is 0 Å². The Balaban J connectivity index is 1.36. The van der Waals surface area contributed by atoms with E-state index < -0.39 is 12.0 Å². The van der Waals surface area contributed by atoms with Crippen molar-refractivity contribution in [1.82, 2.24) is 15.5 Å². The lowest BCUT2D eigenvalue weighted by atomic mass is 9.92. The molecule has 2 aromatic rings. The first-order valence-electron chi connectivity index (χ1n) is 14.1. The molecule has 2 N–H and O–H groups in total. The number of ether oxygens (including phenoxy) is 2. The number of carbonyl (C=O) groups is 3. The molecule has 0 saturated carbocycles. The van der Waals surface area contributed by atoms with E-state index in [1.165, 1.54) is 7.11 Å². The van der Waals surface area contributed by atoms with Crippen LogP contribution in [0.1, 0.15) is 62.1 Å². The van der Waals surface area contributed by atoms with Crippen molar-refractivity contribution >= 4 is 17.8 Å². The highest BCUT2D eigenvalue weighted by molar-refractivity contribution is 5.82. The molecular weight excluding hydrogens is 494 g/mol. The van der Waals surface area contributed by atoms with Crippen LogP contribution in [0, 0.1) is 11.8 Å². The molecule has 39 heavy (non-hydrogen) atoms. The Morgan fingerprint density at radius 1 is 1.05 bits per heavy atom. The number of methoxy groups -OCH3 is 1. The minimum absolute atomic E-state index is 0.00991. The van der Waals surface area contributed by atoms with Crippen molar-refractivity contribution in [3.05, 3.63) is 65.7 Å². The minimum Gasteiger partial charge on any atom is -0.489 e. The van der Waals surface area contributed by atoms with Crippen LogP contribution in [0.4, 0.5) is 0 Å². The summed E-state index contributed by atoms with van der Waals surface area (Å²) in [5.41, 5.74) is 1.82. The van der Waals surface area contributed by atoms with E-state index in [2.05, 4.69) is 10.6 Å². The average Bonchev–Trinajstić information content (AvgIpc) is 2.99. The summed E-state index contributed by atoms with van der Waals surface area (Å²) in [6, 6.07) is 16.8. The third-order valence-corrected chi connectivity index (χ3v) is 7.79. The van der Waals surface area contributed by atoms with E-state index in [-0.39, 0.29) is 24.2 Å². The summed E-state index contributed by atoms with van der Waals surface area (Å²) < 4.78 is 10.9. The van der Waals surface area contributed by atoms with Gasteiger partial charge in [-0.25, -0.2) is 0 Å². The van der Waals surface area contributed by atoms with E-state index in [4.69, 9.17) is 9.47 Å². The van der Waals surface area contributed by atoms with Gasteiger partial charge in [0.1, 0.15) is 12.4 Å². The van der Waals surface area contributed by atoms with E-state index in [1.807, 2.05) is 59.5 Å². The van der Waals surface area contributed by atoms with Crippen LogP contribution in [0.2, 0.25) is 0 Å². The van der Waals surface area contributed by atoms with E-state index in [1.54, 1.807) is 0 Å². The first-order chi connectivity index (χ1) is 19.0. The number of nitrogens with zero attached hydrogens (tertiary/aromatic N) is 1. The van der Waals surface area contributed by atoms with Gasteiger partial charge in [0, 0.05) is 19.5 Å². The van der Waals surface area contributed by atoms with Crippen molar-refractivity contribution in [1.29, 1.82) is 0 Å². The van der Waals surface area contributed by atoms with Crippen molar-refractivity contribution in [2.75, 3.05) is 33.3 Å². The van der Waals surface area contributed by atoms with Gasteiger partial charge in [-0.1, -0.05) is 42.5 Å². The fraction of sp³-hybridized carbons (Fsp3) is 0.516. The molecule has 2 heterocycles. The highest BCUT2D eigenvalue weighted by Gasteiger charge is 2.31. The Hall–Kier alpha value is -3.39. The highest BCUT2D eigenvalue weighted by Crippen LogP contribution is 2.26. The predicted octanol–water partition coefficient (Wildman–Crippen LogP) is 4.00. The maximum atomic E-state index is 13.4. The van der Waals surface area contributed by atoms with Crippen molar-refractivity contribution in [3.8, 4) is 5.75 Å². The Bertz CT molecular complexity index is 1090. The maximum absolute atomic E-state index is 13.4. The minimum atomic E-state index is -0.559. The average molecular weight is 536 g/mol. The number of hydrogen-bond acceptors (Lipinski definition) is 6. The van der Waals surface area contributed by atoms with Gasteiger partial charge in [-0.3, -0.25) is 14.4 Å². The molecule has 210 valence electrons. The largest absolute Gasteiger partial charge is 0.489 e. The molecule has 2 amide bonds. The number of piperidine rings is 2. The summed E-state index contributed by atoms with van der Waals surface area (Å²) >= 11 is 0. The molecule has 0 aliphatic carbocycles. The zero-order chi connectivity index (χ0) is 27.5. The lowest BCUT2D eigenvalue weighted by molar-refractivity contribution is -0.141. The standard InChI is InChI=1S/C31H41N3O5/c1-38-30(36)20-28(25-9-5-11-27(19-25)39-22-24-7-3-2-4-8-24)33-31(37)26-10-6-18-34(21-26)29(35)13-12-23-14-16-32-17-15-23/h2-5,7-9,11,19,23,26,28,32H,6,10,12-18,20-22H2,1H3,(H,33,37)/t26-,28+/m1/s1. The molecule has 0 aromatic heterocycles. The summed E-state index contributed by atoms with van der Waals surface area (Å²) in [7, 11) is 1.34. The molecule has 2 saturated heterocycles. The van der Waals surface area contributed by atoms with Crippen LogP contribution in [-0.2, 0) is 25.7 Å². The first-order valence-corrected chi connectivity index (χ1v) is 14.1. The lowest BCUT2D eigenvalue weighted by Crippen LogP contribution is -2.46. The molecule has 8 heteroatoms. The summed E-state index contributed by atoms with van der Waals surface area (Å²) in [5.74, 6) is 0.540. The third-order valence-electron chi connectivity index (χ3n) is 7.79. The maximum Gasteiger partial charge on any atom is 0.307 e. The Labute approximate surface area is 231 Å². The number of benzene rings is 2. The zero-order valence-corrected chi connectivity index (χ0v) is 22.9. The van der Waals surface area contributed by atoms with E-state index >= 15 is 0 Å². The molecule has 8 nitrogen and oxygen atoms in total. The van der Waals surface area contributed by atoms with Gasteiger partial charge in [-0.05, 0) is 74.4 Å². The third kappa shape index (κ3) is 8.82. The molecule has 0 spiro atoms. The molecule has 4 rings (SSSR count). The molecule has 2 fully saturated rings. The van der Waals surface area contributed by atoms with Crippen LogP contribution in [0.25, 0.3) is 0 Å². The number of likely N-dealkylation sites (tertiary alicyclic amines) is 1. The Morgan fingerprint density at radius 3 is 2.62 bits per heavy atom. The van der Waals surface area contributed by atoms with Crippen LogP contribution in [0.5, 0.6) is 5.75 Å².